The van der Waals surface area contributed by atoms with Crippen molar-refractivity contribution in [3.05, 3.63) is 51.3 Å². The first-order valence-corrected chi connectivity index (χ1v) is 10.9. The van der Waals surface area contributed by atoms with Crippen LogP contribution in [0.25, 0.3) is 6.08 Å². The van der Waals surface area contributed by atoms with Crippen LogP contribution in [0.15, 0.2) is 34.8 Å². The van der Waals surface area contributed by atoms with Crippen molar-refractivity contribution in [1.29, 1.82) is 0 Å². The molecule has 1 aromatic heterocycles. The minimum atomic E-state index is -0.0907. The molecule has 3 rings (SSSR count). The Morgan fingerprint density at radius 2 is 2.13 bits per heavy atom. The number of anilines is 2. The predicted molar refractivity (Wildman–Crippen MR) is 124 cm³/mol. The number of nitrogens with two attached hydrogens (primary N) is 1. The highest BCUT2D eigenvalue weighted by Gasteiger charge is 2.18. The Labute approximate surface area is 181 Å². The van der Waals surface area contributed by atoms with Gasteiger partial charge in [-0.25, -0.2) is 5.90 Å². The molecule has 1 amide bonds. The van der Waals surface area contributed by atoms with Gasteiger partial charge in [-0.3, -0.25) is 9.79 Å². The number of thiophene rings is 1. The molecule has 0 unspecified atom stereocenters. The van der Waals surface area contributed by atoms with Gasteiger partial charge in [-0.15, -0.1) is 11.3 Å². The van der Waals surface area contributed by atoms with Crippen LogP contribution in [0.4, 0.5) is 11.4 Å². The SMILES string of the molecule is CC=N/C=C\c1csc(C(=O)NCCOCC)c1Nc1ccc2c(c1)CCC2.NO. The Balaban J connectivity index is 0.00000155. The number of carbonyl (C=O) groups is 1. The Morgan fingerprint density at radius 1 is 1.33 bits per heavy atom. The van der Waals surface area contributed by atoms with Crippen LogP contribution in [-0.2, 0) is 17.6 Å². The largest absolute Gasteiger partial charge is 0.380 e. The van der Waals surface area contributed by atoms with Gasteiger partial charge in [0.05, 0.1) is 12.3 Å². The molecular formula is C22H30N4O3S. The van der Waals surface area contributed by atoms with Crippen LogP contribution >= 0.6 is 11.3 Å². The molecule has 0 saturated heterocycles. The monoisotopic (exact) mass is 430 g/mol. The highest BCUT2D eigenvalue weighted by Crippen LogP contribution is 2.34. The maximum absolute atomic E-state index is 12.7. The molecule has 0 aliphatic heterocycles. The summed E-state index contributed by atoms with van der Waals surface area (Å²) in [6, 6.07) is 6.49. The zero-order chi connectivity index (χ0) is 21.8. The summed E-state index contributed by atoms with van der Waals surface area (Å²) in [5, 5.41) is 14.9. The van der Waals surface area contributed by atoms with Gasteiger partial charge in [-0.1, -0.05) is 6.07 Å². The molecule has 0 spiro atoms. The van der Waals surface area contributed by atoms with Gasteiger partial charge in [0.25, 0.3) is 5.91 Å². The molecule has 30 heavy (non-hydrogen) atoms. The fourth-order valence-corrected chi connectivity index (χ4v) is 4.16. The molecular weight excluding hydrogens is 400 g/mol. The average molecular weight is 431 g/mol. The van der Waals surface area contributed by atoms with E-state index in [1.165, 1.54) is 28.9 Å². The molecule has 1 aliphatic carbocycles. The molecule has 0 saturated carbocycles. The molecule has 0 bridgehead atoms. The van der Waals surface area contributed by atoms with Crippen molar-refractivity contribution in [2.24, 2.45) is 10.9 Å². The van der Waals surface area contributed by atoms with E-state index in [4.69, 9.17) is 9.94 Å². The topological polar surface area (TPSA) is 109 Å². The molecule has 7 nitrogen and oxygen atoms in total. The van der Waals surface area contributed by atoms with Crippen molar-refractivity contribution in [3.8, 4) is 0 Å². The molecule has 1 heterocycles. The van der Waals surface area contributed by atoms with Crippen LogP contribution in [-0.4, -0.2) is 37.1 Å². The second-order valence-corrected chi connectivity index (χ2v) is 7.41. The van der Waals surface area contributed by atoms with E-state index in [2.05, 4.69) is 39.7 Å². The van der Waals surface area contributed by atoms with Gasteiger partial charge in [0.15, 0.2) is 0 Å². The lowest BCUT2D eigenvalue weighted by atomic mass is 10.1. The van der Waals surface area contributed by atoms with Crippen LogP contribution < -0.4 is 16.5 Å². The molecule has 5 N–H and O–H groups in total. The van der Waals surface area contributed by atoms with Crippen LogP contribution in [0, 0.1) is 0 Å². The number of hydrogen-bond donors (Lipinski definition) is 4. The summed E-state index contributed by atoms with van der Waals surface area (Å²) < 4.78 is 5.30. The number of hydrogen-bond acceptors (Lipinski definition) is 7. The second kappa shape index (κ2) is 12.9. The molecule has 0 radical (unpaired) electrons. The third-order valence-corrected chi connectivity index (χ3v) is 5.62. The number of fused-ring (bicyclic) bond motifs is 1. The summed E-state index contributed by atoms with van der Waals surface area (Å²) >= 11 is 1.43. The minimum absolute atomic E-state index is 0.0907. The summed E-state index contributed by atoms with van der Waals surface area (Å²) in [5.74, 6) is 3.41. The normalized spacial score (nSPS) is 12.7. The van der Waals surface area contributed by atoms with E-state index in [1.807, 2.05) is 25.3 Å². The fraction of sp³-hybridized carbons (Fsp3) is 0.364. The van der Waals surface area contributed by atoms with E-state index in [9.17, 15) is 4.79 Å². The Morgan fingerprint density at radius 3 is 2.90 bits per heavy atom. The summed E-state index contributed by atoms with van der Waals surface area (Å²) in [6.07, 6.45) is 8.89. The van der Waals surface area contributed by atoms with Gasteiger partial charge in [0.2, 0.25) is 0 Å². The molecule has 2 aromatic rings. The number of rotatable bonds is 9. The smallest absolute Gasteiger partial charge is 0.263 e. The van der Waals surface area contributed by atoms with E-state index >= 15 is 0 Å². The van der Waals surface area contributed by atoms with Gasteiger partial charge in [-0.2, -0.15) is 0 Å². The quantitative estimate of drug-likeness (QED) is 0.272. The fourth-order valence-electron chi connectivity index (χ4n) is 3.25. The molecule has 0 atom stereocenters. The lowest BCUT2D eigenvalue weighted by Crippen LogP contribution is -2.27. The molecule has 162 valence electrons. The number of nitrogens with one attached hydrogen (secondary N) is 2. The molecule has 0 fully saturated rings. The molecule has 1 aromatic carbocycles. The Kier molecular flexibility index (Phi) is 10.2. The number of ether oxygens (including phenoxy) is 1. The van der Waals surface area contributed by atoms with Crippen molar-refractivity contribution in [2.45, 2.75) is 33.1 Å². The first-order valence-electron chi connectivity index (χ1n) is 9.99. The third kappa shape index (κ3) is 6.50. The lowest BCUT2D eigenvalue weighted by molar-refractivity contribution is 0.0927. The van der Waals surface area contributed by atoms with Crippen molar-refractivity contribution in [1.82, 2.24) is 5.32 Å². The van der Waals surface area contributed by atoms with Gasteiger partial charge < -0.3 is 20.6 Å². The summed E-state index contributed by atoms with van der Waals surface area (Å²) in [4.78, 5) is 17.5. The average Bonchev–Trinajstić information content (AvgIpc) is 3.40. The lowest BCUT2D eigenvalue weighted by Gasteiger charge is -2.11. The highest BCUT2D eigenvalue weighted by atomic mass is 32.1. The van der Waals surface area contributed by atoms with Gasteiger partial charge >= 0.3 is 0 Å². The zero-order valence-electron chi connectivity index (χ0n) is 17.5. The van der Waals surface area contributed by atoms with E-state index in [-0.39, 0.29) is 5.91 Å². The van der Waals surface area contributed by atoms with E-state index in [0.29, 0.717) is 24.6 Å². The van der Waals surface area contributed by atoms with Crippen LogP contribution in [0.1, 0.15) is 46.6 Å². The van der Waals surface area contributed by atoms with E-state index < -0.39 is 0 Å². The number of carbonyl (C=O) groups excluding carboxylic acids is 1. The first-order chi connectivity index (χ1) is 14.7. The molecule has 8 heteroatoms. The second-order valence-electron chi connectivity index (χ2n) is 6.53. The summed E-state index contributed by atoms with van der Waals surface area (Å²) in [5.41, 5.74) is 5.61. The maximum atomic E-state index is 12.7. The van der Waals surface area contributed by atoms with E-state index in [1.54, 1.807) is 12.4 Å². The number of amides is 1. The van der Waals surface area contributed by atoms with Crippen molar-refractivity contribution in [2.75, 3.05) is 25.1 Å². The van der Waals surface area contributed by atoms with Crippen LogP contribution in [0.3, 0.4) is 0 Å². The summed E-state index contributed by atoms with van der Waals surface area (Å²) in [6.45, 7) is 5.47. The van der Waals surface area contributed by atoms with Gasteiger partial charge in [-0.05, 0) is 62.4 Å². The molecule has 1 aliphatic rings. The standard InChI is InChI=1S/C22H27N3O2S.H3NO/c1-3-23-11-10-18-15-28-21(22(26)24-12-13-27-4-2)20(18)25-19-9-8-16-6-5-7-17(16)14-19;1-2/h3,8-11,14-15,25H,4-7,12-13H2,1-2H3,(H,24,26);2H,1H2/b11-10-,23-3?;. The minimum Gasteiger partial charge on any atom is -0.380 e. The van der Waals surface area contributed by atoms with Crippen molar-refractivity contribution >= 4 is 40.9 Å². The number of aliphatic imine (C=N–C) groups is 1. The number of aryl methyl sites for hydroxylation is 2. The first kappa shape index (κ1) is 23.8. The Hall–Kier alpha value is -2.52. The number of benzene rings is 1. The Bertz CT molecular complexity index is 877. The summed E-state index contributed by atoms with van der Waals surface area (Å²) in [7, 11) is 0. The van der Waals surface area contributed by atoms with E-state index in [0.717, 1.165) is 29.8 Å². The predicted octanol–water partition coefficient (Wildman–Crippen LogP) is 4.14. The zero-order valence-corrected chi connectivity index (χ0v) is 18.3. The van der Waals surface area contributed by atoms with Gasteiger partial charge in [0.1, 0.15) is 4.88 Å². The van der Waals surface area contributed by atoms with Crippen LogP contribution in [0.5, 0.6) is 0 Å². The highest BCUT2D eigenvalue weighted by molar-refractivity contribution is 7.13. The third-order valence-electron chi connectivity index (χ3n) is 4.62. The van der Waals surface area contributed by atoms with Crippen LogP contribution in [0.2, 0.25) is 0 Å². The maximum Gasteiger partial charge on any atom is 0.263 e. The number of nitrogens with zero attached hydrogens (tertiary/aromatic N) is 1. The van der Waals surface area contributed by atoms with Crippen molar-refractivity contribution < 1.29 is 14.7 Å². The van der Waals surface area contributed by atoms with Gasteiger partial charge in [0, 0.05) is 42.2 Å². The van der Waals surface area contributed by atoms with Crippen molar-refractivity contribution in [3.63, 3.8) is 0 Å².